The second-order valence-electron chi connectivity index (χ2n) is 6.15. The third-order valence-corrected chi connectivity index (χ3v) is 5.07. The lowest BCUT2D eigenvalue weighted by molar-refractivity contribution is -0.121. The van der Waals surface area contributed by atoms with E-state index in [9.17, 15) is 9.36 Å². The van der Waals surface area contributed by atoms with E-state index in [1.165, 1.54) is 0 Å². The predicted octanol–water partition coefficient (Wildman–Crippen LogP) is 3.12. The fraction of sp³-hybridized carbons (Fsp3) is 0.923. The summed E-state index contributed by atoms with van der Waals surface area (Å²) in [6.07, 6.45) is 5.77. The molecule has 0 aliphatic heterocycles. The maximum Gasteiger partial charge on any atom is 0.325 e. The molecule has 1 saturated carbocycles. The van der Waals surface area contributed by atoms with E-state index in [1.54, 1.807) is 0 Å². The molecule has 0 amide bonds. The fourth-order valence-electron chi connectivity index (χ4n) is 2.82. The Kier molecular flexibility index (Phi) is 5.57. The number of ketones is 1. The lowest BCUT2D eigenvalue weighted by atomic mass is 9.68. The number of carbonyl (C=O) groups is 1. The summed E-state index contributed by atoms with van der Waals surface area (Å²) in [5, 5.41) is 0. The molecule has 1 aliphatic carbocycles. The largest absolute Gasteiger partial charge is 0.325 e. The van der Waals surface area contributed by atoms with Crippen LogP contribution in [0.4, 0.5) is 0 Å². The average Bonchev–Trinajstić information content (AvgIpc) is 2.24. The SMILES string of the molecule is CC(C)(CCCCP(=O)(O)O)C1CCC(=O)CC1. The van der Waals surface area contributed by atoms with E-state index in [-0.39, 0.29) is 11.6 Å². The molecule has 0 spiro atoms. The zero-order valence-corrected chi connectivity index (χ0v) is 12.3. The topological polar surface area (TPSA) is 74.6 Å². The van der Waals surface area contributed by atoms with E-state index in [2.05, 4.69) is 13.8 Å². The van der Waals surface area contributed by atoms with Gasteiger partial charge < -0.3 is 9.79 Å². The molecule has 18 heavy (non-hydrogen) atoms. The van der Waals surface area contributed by atoms with Crippen LogP contribution in [0.1, 0.15) is 58.8 Å². The number of unbranched alkanes of at least 4 members (excludes halogenated alkanes) is 1. The lowest BCUT2D eigenvalue weighted by Gasteiger charge is -2.36. The molecule has 0 heterocycles. The molecule has 1 rings (SSSR count). The molecule has 4 nitrogen and oxygen atoms in total. The summed E-state index contributed by atoms with van der Waals surface area (Å²) < 4.78 is 10.8. The molecule has 0 saturated heterocycles. The zero-order chi connectivity index (χ0) is 13.8. The van der Waals surface area contributed by atoms with Crippen molar-refractivity contribution in [2.24, 2.45) is 11.3 Å². The standard InChI is InChI=1S/C13H25O4P/c1-13(2,9-3-4-10-18(15,16)17)11-5-7-12(14)8-6-11/h11H,3-10H2,1-2H3,(H2,15,16,17). The number of carbonyl (C=O) groups excluding carboxylic acids is 1. The van der Waals surface area contributed by atoms with E-state index in [4.69, 9.17) is 9.79 Å². The van der Waals surface area contributed by atoms with E-state index in [1.807, 2.05) is 0 Å². The van der Waals surface area contributed by atoms with Crippen molar-refractivity contribution >= 4 is 13.4 Å². The monoisotopic (exact) mass is 276 g/mol. The van der Waals surface area contributed by atoms with Crippen molar-refractivity contribution in [3.05, 3.63) is 0 Å². The van der Waals surface area contributed by atoms with Gasteiger partial charge in [-0.05, 0) is 37.0 Å². The predicted molar refractivity (Wildman–Crippen MR) is 71.5 cm³/mol. The molecule has 0 atom stereocenters. The second kappa shape index (κ2) is 6.31. The molecule has 1 aliphatic rings. The Morgan fingerprint density at radius 2 is 1.78 bits per heavy atom. The van der Waals surface area contributed by atoms with Gasteiger partial charge in [0.25, 0.3) is 0 Å². The summed E-state index contributed by atoms with van der Waals surface area (Å²) in [4.78, 5) is 28.8. The van der Waals surface area contributed by atoms with Gasteiger partial charge in [-0.15, -0.1) is 0 Å². The fourth-order valence-corrected chi connectivity index (χ4v) is 3.46. The van der Waals surface area contributed by atoms with Gasteiger partial charge in [-0.3, -0.25) is 9.36 Å². The molecular formula is C13H25O4P. The number of Topliss-reactive ketones (excluding diaryl/α,β-unsaturated/α-hetero) is 1. The summed E-state index contributed by atoms with van der Waals surface area (Å²) in [5.41, 5.74) is 0.176. The summed E-state index contributed by atoms with van der Waals surface area (Å²) in [6.45, 7) is 4.43. The minimum absolute atomic E-state index is 0.00771. The number of rotatable bonds is 6. The summed E-state index contributed by atoms with van der Waals surface area (Å²) in [5.74, 6) is 0.953. The Morgan fingerprint density at radius 3 is 2.28 bits per heavy atom. The molecule has 0 unspecified atom stereocenters. The molecule has 1 fully saturated rings. The minimum Gasteiger partial charge on any atom is -0.324 e. The van der Waals surface area contributed by atoms with Crippen molar-refractivity contribution in [1.82, 2.24) is 0 Å². The maximum absolute atomic E-state index is 11.2. The van der Waals surface area contributed by atoms with Crippen molar-refractivity contribution in [1.29, 1.82) is 0 Å². The highest BCUT2D eigenvalue weighted by atomic mass is 31.2. The molecule has 106 valence electrons. The van der Waals surface area contributed by atoms with Crippen LogP contribution in [-0.4, -0.2) is 21.7 Å². The van der Waals surface area contributed by atoms with E-state index >= 15 is 0 Å². The Labute approximate surface area is 109 Å². The van der Waals surface area contributed by atoms with Gasteiger partial charge in [0.15, 0.2) is 0 Å². The summed E-state index contributed by atoms with van der Waals surface area (Å²) >= 11 is 0. The lowest BCUT2D eigenvalue weighted by Crippen LogP contribution is -2.28. The first-order valence-electron chi connectivity index (χ1n) is 6.77. The first-order chi connectivity index (χ1) is 8.21. The Morgan fingerprint density at radius 1 is 1.22 bits per heavy atom. The highest BCUT2D eigenvalue weighted by molar-refractivity contribution is 7.51. The third kappa shape index (κ3) is 5.64. The van der Waals surface area contributed by atoms with Gasteiger partial charge in [0, 0.05) is 19.0 Å². The van der Waals surface area contributed by atoms with Gasteiger partial charge >= 0.3 is 7.60 Å². The smallest absolute Gasteiger partial charge is 0.324 e. The van der Waals surface area contributed by atoms with Crippen molar-refractivity contribution in [3.8, 4) is 0 Å². The summed E-state index contributed by atoms with van der Waals surface area (Å²) in [6, 6.07) is 0. The molecular weight excluding hydrogens is 251 g/mol. The highest BCUT2D eigenvalue weighted by Crippen LogP contribution is 2.42. The van der Waals surface area contributed by atoms with Crippen LogP contribution in [-0.2, 0) is 9.36 Å². The zero-order valence-electron chi connectivity index (χ0n) is 11.4. The van der Waals surface area contributed by atoms with Gasteiger partial charge in [-0.2, -0.15) is 0 Å². The van der Waals surface area contributed by atoms with Crippen molar-refractivity contribution in [2.45, 2.75) is 58.8 Å². The van der Waals surface area contributed by atoms with E-state index in [0.717, 1.165) is 25.7 Å². The normalized spacial score (nSPS) is 19.2. The van der Waals surface area contributed by atoms with E-state index in [0.29, 0.717) is 31.0 Å². The first kappa shape index (κ1) is 15.9. The second-order valence-corrected chi connectivity index (χ2v) is 7.92. The van der Waals surface area contributed by atoms with Gasteiger partial charge in [-0.25, -0.2) is 0 Å². The van der Waals surface area contributed by atoms with E-state index < -0.39 is 7.60 Å². The van der Waals surface area contributed by atoms with Crippen LogP contribution in [0.15, 0.2) is 0 Å². The minimum atomic E-state index is -3.83. The Balaban J connectivity index is 2.31. The molecule has 0 radical (unpaired) electrons. The van der Waals surface area contributed by atoms with Crippen LogP contribution < -0.4 is 0 Å². The van der Waals surface area contributed by atoms with Crippen molar-refractivity contribution in [3.63, 3.8) is 0 Å². The van der Waals surface area contributed by atoms with Crippen LogP contribution in [0, 0.1) is 11.3 Å². The third-order valence-electron chi connectivity index (χ3n) is 4.17. The molecule has 0 aromatic rings. The van der Waals surface area contributed by atoms with Crippen molar-refractivity contribution in [2.75, 3.05) is 6.16 Å². The van der Waals surface area contributed by atoms with Crippen LogP contribution in [0.5, 0.6) is 0 Å². The van der Waals surface area contributed by atoms with Crippen LogP contribution >= 0.6 is 7.60 Å². The highest BCUT2D eigenvalue weighted by Gasteiger charge is 2.32. The first-order valence-corrected chi connectivity index (χ1v) is 8.57. The van der Waals surface area contributed by atoms with Crippen LogP contribution in [0.2, 0.25) is 0 Å². The average molecular weight is 276 g/mol. The molecule has 0 aromatic carbocycles. The summed E-state index contributed by atoms with van der Waals surface area (Å²) in [7, 11) is -3.83. The molecule has 0 bridgehead atoms. The van der Waals surface area contributed by atoms with Crippen molar-refractivity contribution < 1.29 is 19.1 Å². The van der Waals surface area contributed by atoms with Crippen LogP contribution in [0.3, 0.4) is 0 Å². The molecule has 5 heteroatoms. The maximum atomic E-state index is 11.2. The Bertz CT molecular complexity index is 322. The van der Waals surface area contributed by atoms with Gasteiger partial charge in [-0.1, -0.05) is 20.3 Å². The molecule has 2 N–H and O–H groups in total. The van der Waals surface area contributed by atoms with Crippen LogP contribution in [0.25, 0.3) is 0 Å². The number of hydrogen-bond donors (Lipinski definition) is 2. The molecule has 0 aromatic heterocycles. The Hall–Kier alpha value is -0.180. The number of hydrogen-bond acceptors (Lipinski definition) is 2. The quantitative estimate of drug-likeness (QED) is 0.577. The van der Waals surface area contributed by atoms with Gasteiger partial charge in [0.2, 0.25) is 0 Å². The van der Waals surface area contributed by atoms with Gasteiger partial charge in [0.1, 0.15) is 5.78 Å². The van der Waals surface area contributed by atoms with Gasteiger partial charge in [0.05, 0.1) is 0 Å².